The zero-order chi connectivity index (χ0) is 17.7. The van der Waals surface area contributed by atoms with E-state index in [1.165, 1.54) is 6.20 Å². The molecular formula is C18H16ClN3O3. The summed E-state index contributed by atoms with van der Waals surface area (Å²) in [5.41, 5.74) is 7.18. The Morgan fingerprint density at radius 3 is 2.72 bits per heavy atom. The number of carboxylic acid groups (broad SMARTS) is 1. The van der Waals surface area contributed by atoms with Gasteiger partial charge < -0.3 is 20.3 Å². The molecular weight excluding hydrogens is 342 g/mol. The summed E-state index contributed by atoms with van der Waals surface area (Å²) in [6.07, 6.45) is 8.83. The zero-order valence-electron chi connectivity index (χ0n) is 13.3. The third-order valence-corrected chi connectivity index (χ3v) is 4.89. The van der Waals surface area contributed by atoms with Crippen molar-refractivity contribution >= 4 is 34.2 Å². The third kappa shape index (κ3) is 2.59. The molecule has 7 heteroatoms. The van der Waals surface area contributed by atoms with Crippen LogP contribution in [0.5, 0.6) is 0 Å². The van der Waals surface area contributed by atoms with E-state index in [0.717, 1.165) is 18.5 Å². The molecule has 0 bridgehead atoms. The van der Waals surface area contributed by atoms with E-state index in [1.54, 1.807) is 12.1 Å². The van der Waals surface area contributed by atoms with E-state index >= 15 is 0 Å². The summed E-state index contributed by atoms with van der Waals surface area (Å²) in [5.74, 6) is -1.22. The molecule has 2 aliphatic rings. The molecule has 0 radical (unpaired) electrons. The maximum Gasteiger partial charge on any atom is 0.341 e. The van der Waals surface area contributed by atoms with Gasteiger partial charge in [0.05, 0.1) is 22.8 Å². The lowest BCUT2D eigenvalue weighted by Crippen LogP contribution is -2.25. The number of pyridine rings is 1. The predicted molar refractivity (Wildman–Crippen MR) is 97.2 cm³/mol. The molecule has 0 amide bonds. The standard InChI is InChI=1S/C18H16ClN3O3/c19-15-14(21-7-1-2-10(20)8-21)6-5-12-16(15)22(11-3-4-11)9-13(17(12)23)18(24)25/h1-2,5-7,9,11H,3-4,8,20H2,(H,24,25). The number of carbonyl (C=O) groups is 1. The zero-order valence-corrected chi connectivity index (χ0v) is 14.0. The molecule has 1 aromatic carbocycles. The number of nitrogens with two attached hydrogens (primary N) is 1. The number of anilines is 1. The first kappa shape index (κ1) is 15.8. The summed E-state index contributed by atoms with van der Waals surface area (Å²) < 4.78 is 1.83. The minimum absolute atomic E-state index is 0.177. The molecule has 0 saturated heterocycles. The molecule has 0 atom stereocenters. The van der Waals surface area contributed by atoms with Crippen molar-refractivity contribution in [2.45, 2.75) is 18.9 Å². The van der Waals surface area contributed by atoms with Crippen LogP contribution < -0.4 is 16.1 Å². The lowest BCUT2D eigenvalue weighted by atomic mass is 10.1. The number of nitrogens with zero attached hydrogens (tertiary/aromatic N) is 2. The number of allylic oxidation sites excluding steroid dienone is 2. The van der Waals surface area contributed by atoms with Gasteiger partial charge in [-0.15, -0.1) is 0 Å². The van der Waals surface area contributed by atoms with Gasteiger partial charge in [0.25, 0.3) is 0 Å². The summed E-state index contributed by atoms with van der Waals surface area (Å²) in [7, 11) is 0. The average molecular weight is 358 g/mol. The molecule has 25 heavy (non-hydrogen) atoms. The first-order valence-electron chi connectivity index (χ1n) is 7.97. The average Bonchev–Trinajstić information content (AvgIpc) is 3.40. The summed E-state index contributed by atoms with van der Waals surface area (Å²) in [6, 6.07) is 3.56. The highest BCUT2D eigenvalue weighted by Gasteiger charge is 2.28. The second kappa shape index (κ2) is 5.67. The number of carboxylic acids is 1. The molecule has 0 unspecified atom stereocenters. The van der Waals surface area contributed by atoms with Gasteiger partial charge in [0, 0.05) is 29.5 Å². The van der Waals surface area contributed by atoms with Crippen LogP contribution in [0.2, 0.25) is 5.02 Å². The van der Waals surface area contributed by atoms with Gasteiger partial charge in [-0.3, -0.25) is 4.79 Å². The first-order chi connectivity index (χ1) is 12.0. The Balaban J connectivity index is 1.97. The molecule has 6 nitrogen and oxygen atoms in total. The van der Waals surface area contributed by atoms with Crippen molar-refractivity contribution in [2.75, 3.05) is 11.4 Å². The summed E-state index contributed by atoms with van der Waals surface area (Å²) in [6.45, 7) is 0.503. The third-order valence-electron chi connectivity index (χ3n) is 4.52. The van der Waals surface area contributed by atoms with Crippen molar-refractivity contribution in [3.8, 4) is 0 Å². The summed E-state index contributed by atoms with van der Waals surface area (Å²) >= 11 is 6.66. The fraction of sp³-hybridized carbons (Fsp3) is 0.222. The van der Waals surface area contributed by atoms with E-state index < -0.39 is 11.4 Å². The smallest absolute Gasteiger partial charge is 0.341 e. The van der Waals surface area contributed by atoms with Crippen LogP contribution in [0.15, 0.2) is 47.2 Å². The van der Waals surface area contributed by atoms with Crippen LogP contribution in [0.25, 0.3) is 10.9 Å². The maximum absolute atomic E-state index is 12.5. The quantitative estimate of drug-likeness (QED) is 0.881. The van der Waals surface area contributed by atoms with E-state index in [4.69, 9.17) is 17.3 Å². The molecule has 1 saturated carbocycles. The van der Waals surface area contributed by atoms with Crippen LogP contribution in [0.1, 0.15) is 29.2 Å². The number of fused-ring (bicyclic) bond motifs is 1. The maximum atomic E-state index is 12.5. The minimum Gasteiger partial charge on any atom is -0.477 e. The molecule has 0 spiro atoms. The van der Waals surface area contributed by atoms with Gasteiger partial charge in [-0.2, -0.15) is 0 Å². The van der Waals surface area contributed by atoms with Crippen molar-refractivity contribution in [2.24, 2.45) is 5.73 Å². The lowest BCUT2D eigenvalue weighted by molar-refractivity contribution is 0.0695. The van der Waals surface area contributed by atoms with Gasteiger partial charge in [0.1, 0.15) is 5.56 Å². The monoisotopic (exact) mass is 357 g/mol. The largest absolute Gasteiger partial charge is 0.477 e. The van der Waals surface area contributed by atoms with Crippen LogP contribution >= 0.6 is 11.6 Å². The highest BCUT2D eigenvalue weighted by molar-refractivity contribution is 6.38. The van der Waals surface area contributed by atoms with Gasteiger partial charge in [0.2, 0.25) is 5.43 Å². The molecule has 128 valence electrons. The number of halogens is 1. The van der Waals surface area contributed by atoms with Gasteiger partial charge in [-0.25, -0.2) is 4.79 Å². The van der Waals surface area contributed by atoms with Crippen molar-refractivity contribution in [1.29, 1.82) is 0 Å². The number of aromatic nitrogens is 1. The number of rotatable bonds is 3. The van der Waals surface area contributed by atoms with Gasteiger partial charge in [0.15, 0.2) is 0 Å². The highest BCUT2D eigenvalue weighted by atomic mass is 35.5. The first-order valence-corrected chi connectivity index (χ1v) is 8.35. The van der Waals surface area contributed by atoms with Crippen molar-refractivity contribution in [3.63, 3.8) is 0 Å². The molecule has 1 aliphatic carbocycles. The van der Waals surface area contributed by atoms with E-state index in [-0.39, 0.29) is 11.6 Å². The Bertz CT molecular complexity index is 1020. The molecule has 3 N–H and O–H groups in total. The van der Waals surface area contributed by atoms with Gasteiger partial charge in [-0.05, 0) is 37.1 Å². The predicted octanol–water partition coefficient (Wildman–Crippen LogP) is 2.86. The Morgan fingerprint density at radius 2 is 2.08 bits per heavy atom. The molecule has 1 fully saturated rings. The Kier molecular flexibility index (Phi) is 3.58. The molecule has 2 aromatic rings. The SMILES string of the molecule is NC1=CC=CN(c2ccc3c(=O)c(C(=O)O)cn(C4CC4)c3c2Cl)C1. The van der Waals surface area contributed by atoms with Crippen LogP contribution in [-0.2, 0) is 0 Å². The highest BCUT2D eigenvalue weighted by Crippen LogP contribution is 2.41. The fourth-order valence-electron chi connectivity index (χ4n) is 3.15. The van der Waals surface area contributed by atoms with E-state index in [1.807, 2.05) is 27.8 Å². The van der Waals surface area contributed by atoms with Gasteiger partial charge in [-0.1, -0.05) is 11.6 Å². The van der Waals surface area contributed by atoms with E-state index in [9.17, 15) is 14.7 Å². The Morgan fingerprint density at radius 1 is 1.32 bits per heavy atom. The van der Waals surface area contributed by atoms with E-state index in [0.29, 0.717) is 28.2 Å². The van der Waals surface area contributed by atoms with Crippen LogP contribution in [-0.4, -0.2) is 22.2 Å². The van der Waals surface area contributed by atoms with Gasteiger partial charge >= 0.3 is 5.97 Å². The van der Waals surface area contributed by atoms with Crippen molar-refractivity contribution in [3.05, 3.63) is 63.2 Å². The number of hydrogen-bond donors (Lipinski definition) is 2. The molecule has 1 aliphatic heterocycles. The number of benzene rings is 1. The Labute approximate surface area is 148 Å². The van der Waals surface area contributed by atoms with Crippen LogP contribution in [0.3, 0.4) is 0 Å². The van der Waals surface area contributed by atoms with Crippen molar-refractivity contribution < 1.29 is 9.90 Å². The Hall–Kier alpha value is -2.73. The summed E-state index contributed by atoms with van der Waals surface area (Å²) in [4.78, 5) is 25.9. The summed E-state index contributed by atoms with van der Waals surface area (Å²) in [5, 5.41) is 10.1. The number of aromatic carboxylic acids is 1. The fourth-order valence-corrected chi connectivity index (χ4v) is 3.52. The van der Waals surface area contributed by atoms with Crippen molar-refractivity contribution in [1.82, 2.24) is 4.57 Å². The van der Waals surface area contributed by atoms with Crippen LogP contribution in [0, 0.1) is 0 Å². The second-order valence-electron chi connectivity index (χ2n) is 6.32. The normalized spacial score (nSPS) is 17.0. The van der Waals surface area contributed by atoms with E-state index in [2.05, 4.69) is 0 Å². The molecule has 2 heterocycles. The topological polar surface area (TPSA) is 88.6 Å². The minimum atomic E-state index is -1.22. The van der Waals surface area contributed by atoms with Crippen LogP contribution in [0.4, 0.5) is 5.69 Å². The molecule has 1 aromatic heterocycles. The second-order valence-corrected chi connectivity index (χ2v) is 6.70. The lowest BCUT2D eigenvalue weighted by Gasteiger charge is -2.25. The number of hydrogen-bond acceptors (Lipinski definition) is 4. The molecule has 4 rings (SSSR count).